The van der Waals surface area contributed by atoms with Gasteiger partial charge in [-0.2, -0.15) is 0 Å². The van der Waals surface area contributed by atoms with Gasteiger partial charge in [0.05, 0.1) is 5.60 Å². The minimum absolute atomic E-state index is 0.287. The second-order valence-electron chi connectivity index (χ2n) is 5.82. The zero-order valence-electron chi connectivity index (χ0n) is 10.7. The van der Waals surface area contributed by atoms with Crippen LogP contribution in [0.1, 0.15) is 62.0 Å². The molecule has 2 aliphatic rings. The second-order valence-corrected chi connectivity index (χ2v) is 5.82. The van der Waals surface area contributed by atoms with E-state index in [4.69, 9.17) is 0 Å². The quantitative estimate of drug-likeness (QED) is 0.866. The Labute approximate surface area is 108 Å². The van der Waals surface area contributed by atoms with Crippen molar-refractivity contribution in [3.63, 3.8) is 0 Å². The van der Waals surface area contributed by atoms with E-state index in [0.29, 0.717) is 31.6 Å². The summed E-state index contributed by atoms with van der Waals surface area (Å²) in [5.41, 5.74) is 1.61. The third-order valence-electron chi connectivity index (χ3n) is 4.64. The van der Waals surface area contributed by atoms with E-state index in [1.54, 1.807) is 0 Å². The maximum Gasteiger partial charge on any atom is 0.133 e. The lowest BCUT2D eigenvalue weighted by atomic mass is 9.75. The van der Waals surface area contributed by atoms with Crippen LogP contribution in [0.15, 0.2) is 24.3 Å². The van der Waals surface area contributed by atoms with Gasteiger partial charge >= 0.3 is 0 Å². The second kappa shape index (κ2) is 4.51. The molecule has 0 unspecified atom stereocenters. The van der Waals surface area contributed by atoms with Gasteiger partial charge in [0.15, 0.2) is 0 Å². The third-order valence-corrected chi connectivity index (χ3v) is 4.64. The number of aliphatic hydroxyl groups is 1. The zero-order chi connectivity index (χ0) is 12.6. The molecule has 2 fully saturated rings. The number of hydrogen-bond donors (Lipinski definition) is 1. The van der Waals surface area contributed by atoms with Gasteiger partial charge < -0.3 is 5.11 Å². The van der Waals surface area contributed by atoms with E-state index in [2.05, 4.69) is 18.2 Å². The Bertz CT molecular complexity index is 450. The van der Waals surface area contributed by atoms with Gasteiger partial charge in [-0.15, -0.1) is 0 Å². The minimum Gasteiger partial charge on any atom is -0.385 e. The molecule has 96 valence electrons. The number of benzene rings is 1. The number of hydrogen-bond acceptors (Lipinski definition) is 2. The molecule has 0 saturated heterocycles. The predicted molar refractivity (Wildman–Crippen MR) is 70.4 cm³/mol. The van der Waals surface area contributed by atoms with E-state index in [-0.39, 0.29) is 5.78 Å². The van der Waals surface area contributed by atoms with Crippen molar-refractivity contribution in [3.8, 4) is 0 Å². The fraction of sp³-hybridized carbons (Fsp3) is 0.562. The highest BCUT2D eigenvalue weighted by Gasteiger charge is 2.34. The van der Waals surface area contributed by atoms with Crippen molar-refractivity contribution in [1.82, 2.24) is 0 Å². The molecule has 2 heteroatoms. The molecule has 0 radical (unpaired) electrons. The van der Waals surface area contributed by atoms with Crippen LogP contribution in [0.3, 0.4) is 0 Å². The zero-order valence-corrected chi connectivity index (χ0v) is 10.7. The molecule has 2 saturated carbocycles. The van der Waals surface area contributed by atoms with Gasteiger partial charge in [0.25, 0.3) is 0 Å². The predicted octanol–water partition coefficient (Wildman–Crippen LogP) is 3.28. The van der Waals surface area contributed by atoms with Crippen LogP contribution in [0.5, 0.6) is 0 Å². The van der Waals surface area contributed by atoms with Gasteiger partial charge in [-0.25, -0.2) is 0 Å². The van der Waals surface area contributed by atoms with E-state index in [9.17, 15) is 9.90 Å². The lowest BCUT2D eigenvalue weighted by Crippen LogP contribution is -2.31. The Balaban J connectivity index is 1.84. The van der Waals surface area contributed by atoms with Crippen LogP contribution < -0.4 is 0 Å². The van der Waals surface area contributed by atoms with E-state index in [0.717, 1.165) is 5.56 Å². The first-order chi connectivity index (χ1) is 8.67. The Morgan fingerprint density at radius 2 is 1.89 bits per heavy atom. The number of carbonyl (C=O) groups excluding carboxylic acids is 1. The summed E-state index contributed by atoms with van der Waals surface area (Å²) in [6.45, 7) is 0. The SMILES string of the molecule is O=C1CCC(O)(c2cccc(C3CCC3)c2)CC1. The monoisotopic (exact) mass is 244 g/mol. The Morgan fingerprint density at radius 3 is 2.50 bits per heavy atom. The lowest BCUT2D eigenvalue weighted by Gasteiger charge is -2.33. The van der Waals surface area contributed by atoms with Gasteiger partial charge in [-0.3, -0.25) is 4.79 Å². The molecule has 0 atom stereocenters. The van der Waals surface area contributed by atoms with Gasteiger partial charge in [0.2, 0.25) is 0 Å². The van der Waals surface area contributed by atoms with E-state index < -0.39 is 5.60 Å². The maximum absolute atomic E-state index is 11.3. The number of carbonyl (C=O) groups is 1. The minimum atomic E-state index is -0.770. The first-order valence-corrected chi connectivity index (χ1v) is 7.02. The highest BCUT2D eigenvalue weighted by molar-refractivity contribution is 5.79. The van der Waals surface area contributed by atoms with Gasteiger partial charge in [0.1, 0.15) is 5.78 Å². The molecule has 0 heterocycles. The molecule has 0 amide bonds. The highest BCUT2D eigenvalue weighted by Crippen LogP contribution is 2.40. The smallest absolute Gasteiger partial charge is 0.133 e. The van der Waals surface area contributed by atoms with Crippen LogP contribution in [0.4, 0.5) is 0 Å². The maximum atomic E-state index is 11.3. The molecule has 0 bridgehead atoms. The van der Waals surface area contributed by atoms with Gasteiger partial charge in [-0.05, 0) is 42.7 Å². The molecule has 2 nitrogen and oxygen atoms in total. The molecular formula is C16H20O2. The van der Waals surface area contributed by atoms with E-state index in [1.807, 2.05) is 6.07 Å². The number of ketones is 1. The average Bonchev–Trinajstić information content (AvgIpc) is 2.32. The Kier molecular flexibility index (Phi) is 2.98. The van der Waals surface area contributed by atoms with E-state index in [1.165, 1.54) is 24.8 Å². The standard InChI is InChI=1S/C16H20O2/c17-15-7-9-16(18,10-8-15)14-6-2-5-13(11-14)12-3-1-4-12/h2,5-6,11-12,18H,1,3-4,7-10H2. The summed E-state index contributed by atoms with van der Waals surface area (Å²) in [6.07, 6.45) is 6.09. The van der Waals surface area contributed by atoms with Crippen molar-refractivity contribution in [2.24, 2.45) is 0 Å². The van der Waals surface area contributed by atoms with Crippen molar-refractivity contribution in [1.29, 1.82) is 0 Å². The number of Topliss-reactive ketones (excluding diaryl/α,β-unsaturated/α-hetero) is 1. The molecule has 18 heavy (non-hydrogen) atoms. The average molecular weight is 244 g/mol. The molecule has 2 aliphatic carbocycles. The van der Waals surface area contributed by atoms with Gasteiger partial charge in [-0.1, -0.05) is 30.7 Å². The van der Waals surface area contributed by atoms with Crippen LogP contribution in [0.25, 0.3) is 0 Å². The molecule has 1 aromatic rings. The molecule has 1 N–H and O–H groups in total. The summed E-state index contributed by atoms with van der Waals surface area (Å²) in [4.78, 5) is 11.3. The normalized spacial score (nSPS) is 23.7. The molecule has 0 spiro atoms. The van der Waals surface area contributed by atoms with Crippen LogP contribution in [-0.4, -0.2) is 10.9 Å². The Hall–Kier alpha value is -1.15. The van der Waals surface area contributed by atoms with Crippen LogP contribution >= 0.6 is 0 Å². The summed E-state index contributed by atoms with van der Waals surface area (Å²) < 4.78 is 0. The summed E-state index contributed by atoms with van der Waals surface area (Å²) in [5.74, 6) is 0.980. The third kappa shape index (κ3) is 2.10. The van der Waals surface area contributed by atoms with Crippen LogP contribution in [0.2, 0.25) is 0 Å². The van der Waals surface area contributed by atoms with Crippen molar-refractivity contribution in [2.45, 2.75) is 56.5 Å². The topological polar surface area (TPSA) is 37.3 Å². The summed E-state index contributed by atoms with van der Waals surface area (Å²) >= 11 is 0. The van der Waals surface area contributed by atoms with Crippen molar-refractivity contribution < 1.29 is 9.90 Å². The Morgan fingerprint density at radius 1 is 1.17 bits per heavy atom. The fourth-order valence-electron chi connectivity index (χ4n) is 3.05. The van der Waals surface area contributed by atoms with Crippen molar-refractivity contribution in [3.05, 3.63) is 35.4 Å². The van der Waals surface area contributed by atoms with Crippen molar-refractivity contribution >= 4 is 5.78 Å². The first-order valence-electron chi connectivity index (χ1n) is 7.02. The summed E-state index contributed by atoms with van der Waals surface area (Å²) in [6, 6.07) is 8.40. The molecule has 0 aromatic heterocycles. The molecule has 3 rings (SSSR count). The molecule has 1 aromatic carbocycles. The highest BCUT2D eigenvalue weighted by atomic mass is 16.3. The molecule has 0 aliphatic heterocycles. The van der Waals surface area contributed by atoms with E-state index >= 15 is 0 Å². The first kappa shape index (κ1) is 11.9. The van der Waals surface area contributed by atoms with Gasteiger partial charge in [0, 0.05) is 12.8 Å². The molecular weight excluding hydrogens is 224 g/mol. The fourth-order valence-corrected chi connectivity index (χ4v) is 3.05. The number of rotatable bonds is 2. The summed E-state index contributed by atoms with van der Waals surface area (Å²) in [7, 11) is 0. The van der Waals surface area contributed by atoms with Crippen molar-refractivity contribution in [2.75, 3.05) is 0 Å². The summed E-state index contributed by atoms with van der Waals surface area (Å²) in [5, 5.41) is 10.7. The van der Waals surface area contributed by atoms with Crippen LogP contribution in [-0.2, 0) is 10.4 Å². The lowest BCUT2D eigenvalue weighted by molar-refractivity contribution is -0.125. The largest absolute Gasteiger partial charge is 0.385 e. The van der Waals surface area contributed by atoms with Crippen LogP contribution in [0, 0.1) is 0 Å².